The molecule has 8 nitrogen and oxygen atoms in total. The minimum Gasteiger partial charge on any atom is -0.365 e. The third-order valence-corrected chi connectivity index (χ3v) is 4.40. The lowest BCUT2D eigenvalue weighted by molar-refractivity contribution is -0.133. The molecule has 4 N–H and O–H groups in total. The molecule has 0 aliphatic heterocycles. The van der Waals surface area contributed by atoms with Gasteiger partial charge in [-0.3, -0.25) is 9.59 Å². The van der Waals surface area contributed by atoms with Crippen LogP contribution in [0.3, 0.4) is 0 Å². The molecular formula is C18H30N6O2. The number of carbonyl (C=O) groups is 2. The Kier molecular flexibility index (Phi) is 6.05. The maximum Gasteiger partial charge on any atom is 0.254 e. The number of rotatable bonds is 5. The van der Waals surface area contributed by atoms with Crippen LogP contribution >= 0.6 is 0 Å². The van der Waals surface area contributed by atoms with Crippen molar-refractivity contribution >= 4 is 23.6 Å². The number of amides is 2. The number of carbonyl (C=O) groups excluding carboxylic acids is 2. The number of hydrogen-bond donors (Lipinski definition) is 3. The van der Waals surface area contributed by atoms with Crippen LogP contribution in [-0.2, 0) is 4.79 Å². The van der Waals surface area contributed by atoms with E-state index in [1.807, 2.05) is 20.8 Å². The normalized spacial score (nSPS) is 20.3. The summed E-state index contributed by atoms with van der Waals surface area (Å²) >= 11 is 0. The molecule has 1 aromatic rings. The first-order chi connectivity index (χ1) is 12.1. The zero-order chi connectivity index (χ0) is 19.5. The minimum absolute atomic E-state index is 0.0966. The van der Waals surface area contributed by atoms with Crippen LogP contribution in [0.2, 0.25) is 0 Å². The summed E-state index contributed by atoms with van der Waals surface area (Å²) in [6, 6.07) is 0.211. The Labute approximate surface area is 154 Å². The maximum absolute atomic E-state index is 12.1. The molecule has 0 aromatic carbocycles. The molecule has 0 radical (unpaired) electrons. The van der Waals surface area contributed by atoms with Crippen molar-refractivity contribution in [2.24, 2.45) is 11.7 Å². The highest BCUT2D eigenvalue weighted by Gasteiger charge is 2.28. The third kappa shape index (κ3) is 5.31. The zero-order valence-electron chi connectivity index (χ0n) is 16.3. The number of aromatic nitrogens is 2. The standard InChI is InChI=1S/C18H30N6O2/c1-18(2,3)23-15-13(14(19)25)10-20-17(22-15)21-12-8-6-11(7-9-12)16(26)24(4)5/h10-12H,6-9H2,1-5H3,(H2,19,25)(H2,20,21,22,23). The number of anilines is 2. The summed E-state index contributed by atoms with van der Waals surface area (Å²) in [5.74, 6) is 0.621. The quantitative estimate of drug-likeness (QED) is 0.737. The molecule has 0 bridgehead atoms. The van der Waals surface area contributed by atoms with Gasteiger partial charge in [-0.1, -0.05) is 0 Å². The molecule has 0 unspecified atom stereocenters. The Hall–Kier alpha value is -2.38. The predicted octanol–water partition coefficient (Wildman–Crippen LogP) is 1.84. The van der Waals surface area contributed by atoms with Crippen LogP contribution in [0.1, 0.15) is 56.8 Å². The van der Waals surface area contributed by atoms with Gasteiger partial charge in [-0.25, -0.2) is 4.98 Å². The fourth-order valence-corrected chi connectivity index (χ4v) is 3.11. The van der Waals surface area contributed by atoms with Crippen LogP contribution < -0.4 is 16.4 Å². The fraction of sp³-hybridized carbons (Fsp3) is 0.667. The molecule has 26 heavy (non-hydrogen) atoms. The molecule has 0 spiro atoms. The van der Waals surface area contributed by atoms with E-state index in [2.05, 4.69) is 20.6 Å². The van der Waals surface area contributed by atoms with Crippen LogP contribution in [0, 0.1) is 5.92 Å². The second-order valence-corrected chi connectivity index (χ2v) is 8.12. The van der Waals surface area contributed by atoms with E-state index in [0.717, 1.165) is 25.7 Å². The average Bonchev–Trinajstić information content (AvgIpc) is 2.53. The van der Waals surface area contributed by atoms with Crippen molar-refractivity contribution in [3.8, 4) is 0 Å². The van der Waals surface area contributed by atoms with E-state index in [4.69, 9.17) is 5.73 Å². The maximum atomic E-state index is 12.1. The van der Waals surface area contributed by atoms with Crippen molar-refractivity contribution in [2.45, 2.75) is 58.0 Å². The summed E-state index contributed by atoms with van der Waals surface area (Å²) in [6.07, 6.45) is 4.91. The van der Waals surface area contributed by atoms with Crippen LogP contribution in [0.15, 0.2) is 6.20 Å². The molecule has 144 valence electrons. The van der Waals surface area contributed by atoms with Crippen LogP contribution in [0.5, 0.6) is 0 Å². The minimum atomic E-state index is -0.564. The molecule has 1 aromatic heterocycles. The lowest BCUT2D eigenvalue weighted by Crippen LogP contribution is -2.35. The summed E-state index contributed by atoms with van der Waals surface area (Å²) in [5, 5.41) is 6.52. The van der Waals surface area contributed by atoms with Gasteiger partial charge in [0.05, 0.1) is 5.56 Å². The molecule has 1 fully saturated rings. The molecule has 1 saturated carbocycles. The van der Waals surface area contributed by atoms with Crippen LogP contribution in [0.4, 0.5) is 11.8 Å². The predicted molar refractivity (Wildman–Crippen MR) is 102 cm³/mol. The van der Waals surface area contributed by atoms with E-state index in [1.54, 1.807) is 19.0 Å². The monoisotopic (exact) mass is 362 g/mol. The van der Waals surface area contributed by atoms with E-state index in [-0.39, 0.29) is 29.0 Å². The highest BCUT2D eigenvalue weighted by molar-refractivity contribution is 5.97. The van der Waals surface area contributed by atoms with Gasteiger partial charge in [0.1, 0.15) is 5.82 Å². The van der Waals surface area contributed by atoms with E-state index < -0.39 is 5.91 Å². The number of hydrogen-bond acceptors (Lipinski definition) is 6. The average molecular weight is 362 g/mol. The molecule has 8 heteroatoms. The number of nitrogens with two attached hydrogens (primary N) is 1. The molecule has 2 amide bonds. The topological polar surface area (TPSA) is 113 Å². The molecule has 1 heterocycles. The first-order valence-electron chi connectivity index (χ1n) is 8.99. The third-order valence-electron chi connectivity index (χ3n) is 4.40. The molecule has 1 aliphatic rings. The summed E-state index contributed by atoms with van der Waals surface area (Å²) in [5.41, 5.74) is 5.43. The van der Waals surface area contributed by atoms with Gasteiger partial charge in [0.25, 0.3) is 5.91 Å². The van der Waals surface area contributed by atoms with E-state index in [1.165, 1.54) is 6.20 Å². The number of primary amides is 1. The van der Waals surface area contributed by atoms with Crippen LogP contribution in [-0.4, -0.2) is 52.4 Å². The summed E-state index contributed by atoms with van der Waals surface area (Å²) in [4.78, 5) is 34.0. The van der Waals surface area contributed by atoms with Gasteiger partial charge in [-0.2, -0.15) is 4.98 Å². The van der Waals surface area contributed by atoms with Crippen molar-refractivity contribution < 1.29 is 9.59 Å². The van der Waals surface area contributed by atoms with Gasteiger partial charge in [-0.05, 0) is 46.5 Å². The van der Waals surface area contributed by atoms with Crippen molar-refractivity contribution in [1.82, 2.24) is 14.9 Å². The Morgan fingerprint density at radius 1 is 1.19 bits per heavy atom. The van der Waals surface area contributed by atoms with Crippen molar-refractivity contribution in [3.05, 3.63) is 11.8 Å². The van der Waals surface area contributed by atoms with Gasteiger partial charge in [0.15, 0.2) is 0 Å². The smallest absolute Gasteiger partial charge is 0.254 e. The Morgan fingerprint density at radius 3 is 2.31 bits per heavy atom. The van der Waals surface area contributed by atoms with Gasteiger partial charge in [0, 0.05) is 37.8 Å². The highest BCUT2D eigenvalue weighted by Crippen LogP contribution is 2.27. The molecule has 1 aliphatic carbocycles. The SMILES string of the molecule is CN(C)C(=O)C1CCC(Nc2ncc(C(N)=O)c(NC(C)(C)C)n2)CC1. The Bertz CT molecular complexity index is 660. The highest BCUT2D eigenvalue weighted by atomic mass is 16.2. The zero-order valence-corrected chi connectivity index (χ0v) is 16.3. The number of nitrogens with zero attached hydrogens (tertiary/aromatic N) is 3. The number of nitrogens with one attached hydrogen (secondary N) is 2. The largest absolute Gasteiger partial charge is 0.365 e. The van der Waals surface area contributed by atoms with Crippen molar-refractivity contribution in [1.29, 1.82) is 0 Å². The van der Waals surface area contributed by atoms with Crippen molar-refractivity contribution in [2.75, 3.05) is 24.7 Å². The van der Waals surface area contributed by atoms with Gasteiger partial charge < -0.3 is 21.3 Å². The van der Waals surface area contributed by atoms with Crippen LogP contribution in [0.25, 0.3) is 0 Å². The van der Waals surface area contributed by atoms with Gasteiger partial charge in [-0.15, -0.1) is 0 Å². The summed E-state index contributed by atoms with van der Waals surface area (Å²) in [7, 11) is 3.59. The summed E-state index contributed by atoms with van der Waals surface area (Å²) < 4.78 is 0. The van der Waals surface area contributed by atoms with Crippen molar-refractivity contribution in [3.63, 3.8) is 0 Å². The first-order valence-corrected chi connectivity index (χ1v) is 8.99. The molecule has 0 atom stereocenters. The lowest BCUT2D eigenvalue weighted by atomic mass is 9.85. The van der Waals surface area contributed by atoms with Gasteiger partial charge in [0.2, 0.25) is 11.9 Å². The molecule has 2 rings (SSSR count). The second kappa shape index (κ2) is 7.88. The van der Waals surface area contributed by atoms with E-state index in [0.29, 0.717) is 11.8 Å². The summed E-state index contributed by atoms with van der Waals surface area (Å²) in [6.45, 7) is 5.95. The van der Waals surface area contributed by atoms with E-state index >= 15 is 0 Å². The molecule has 0 saturated heterocycles. The Balaban J connectivity index is 2.05. The fourth-order valence-electron chi connectivity index (χ4n) is 3.11. The van der Waals surface area contributed by atoms with Gasteiger partial charge >= 0.3 is 0 Å². The lowest BCUT2D eigenvalue weighted by Gasteiger charge is -2.30. The van der Waals surface area contributed by atoms with E-state index in [9.17, 15) is 9.59 Å². The second-order valence-electron chi connectivity index (χ2n) is 8.12. The first kappa shape index (κ1) is 19.9. The molecular weight excluding hydrogens is 332 g/mol. The Morgan fingerprint density at radius 2 is 1.81 bits per heavy atom.